The van der Waals surface area contributed by atoms with Crippen LogP contribution in [-0.2, 0) is 32.6 Å². The van der Waals surface area contributed by atoms with Gasteiger partial charge in [-0.2, -0.15) is 0 Å². The van der Waals surface area contributed by atoms with E-state index in [1.807, 2.05) is 37.3 Å². The molecule has 2 amide bonds. The van der Waals surface area contributed by atoms with E-state index in [0.29, 0.717) is 17.9 Å². The fraction of sp³-hybridized carbons (Fsp3) is 0.257. The Morgan fingerprint density at radius 3 is 2.18 bits per heavy atom. The number of halogens is 1. The number of unbranched alkanes of at least 4 members (excludes halogenated alkanes) is 1. The molecule has 0 aliphatic heterocycles. The summed E-state index contributed by atoms with van der Waals surface area (Å²) >= 11 is 0. The van der Waals surface area contributed by atoms with Crippen molar-refractivity contribution in [2.75, 3.05) is 24.5 Å². The molecule has 4 rings (SSSR count). The molecule has 0 spiro atoms. The van der Waals surface area contributed by atoms with Crippen molar-refractivity contribution in [3.63, 3.8) is 0 Å². The van der Waals surface area contributed by atoms with Crippen molar-refractivity contribution in [2.45, 2.75) is 43.7 Å². The molecule has 1 atom stereocenters. The van der Waals surface area contributed by atoms with Gasteiger partial charge in [-0.3, -0.25) is 13.9 Å². The number of sulfonamides is 1. The Labute approximate surface area is 264 Å². The van der Waals surface area contributed by atoms with Gasteiger partial charge < -0.3 is 15.0 Å². The normalized spacial score (nSPS) is 11.8. The quantitative estimate of drug-likeness (QED) is 0.173. The fourth-order valence-electron chi connectivity index (χ4n) is 4.86. The Balaban J connectivity index is 1.79. The van der Waals surface area contributed by atoms with Crippen molar-refractivity contribution in [1.82, 2.24) is 10.2 Å². The second kappa shape index (κ2) is 15.9. The van der Waals surface area contributed by atoms with Gasteiger partial charge in [0.1, 0.15) is 24.2 Å². The monoisotopic (exact) mass is 631 g/mol. The Bertz CT molecular complexity index is 1650. The highest BCUT2D eigenvalue weighted by atomic mass is 32.2. The zero-order valence-electron chi connectivity index (χ0n) is 25.4. The van der Waals surface area contributed by atoms with E-state index in [1.54, 1.807) is 48.5 Å². The van der Waals surface area contributed by atoms with E-state index >= 15 is 0 Å². The lowest BCUT2D eigenvalue weighted by Gasteiger charge is -2.34. The molecule has 45 heavy (non-hydrogen) atoms. The molecule has 0 aliphatic carbocycles. The fourth-order valence-corrected chi connectivity index (χ4v) is 6.29. The summed E-state index contributed by atoms with van der Waals surface area (Å²) in [6.45, 7) is 1.80. The number of hydrogen-bond donors (Lipinski definition) is 1. The van der Waals surface area contributed by atoms with Gasteiger partial charge in [0, 0.05) is 25.6 Å². The van der Waals surface area contributed by atoms with E-state index in [-0.39, 0.29) is 29.5 Å². The maximum atomic E-state index is 14.4. The number of carbonyl (C=O) groups is 2. The highest BCUT2D eigenvalue weighted by molar-refractivity contribution is 7.92. The van der Waals surface area contributed by atoms with E-state index < -0.39 is 34.3 Å². The number of benzene rings is 4. The lowest BCUT2D eigenvalue weighted by molar-refractivity contribution is -0.140. The smallest absolute Gasteiger partial charge is 0.264 e. The number of carbonyl (C=O) groups excluding carboxylic acids is 2. The molecule has 4 aromatic rings. The standard InChI is InChI=1S/C35H38FN3O5S/c1-3-4-22-37-35(41)33(23-27-12-7-5-8-13-27)38(25-28-18-20-29(36)21-19-28)34(40)26-39(30-14-11-15-31(24-30)44-2)45(42,43)32-16-9-6-10-17-32/h5-21,24,33H,3-4,22-23,25-26H2,1-2H3,(H,37,41). The average Bonchev–Trinajstić information content (AvgIpc) is 3.06. The summed E-state index contributed by atoms with van der Waals surface area (Å²) in [4.78, 5) is 29.6. The van der Waals surface area contributed by atoms with Crippen LogP contribution in [0.15, 0.2) is 114 Å². The predicted octanol–water partition coefficient (Wildman–Crippen LogP) is 5.59. The molecule has 8 nitrogen and oxygen atoms in total. The number of hydrogen-bond acceptors (Lipinski definition) is 5. The van der Waals surface area contributed by atoms with Crippen molar-refractivity contribution < 1.29 is 27.1 Å². The van der Waals surface area contributed by atoms with Crippen LogP contribution in [-0.4, -0.2) is 51.4 Å². The maximum Gasteiger partial charge on any atom is 0.264 e. The molecule has 0 heterocycles. The number of amides is 2. The van der Waals surface area contributed by atoms with E-state index in [9.17, 15) is 22.4 Å². The Morgan fingerprint density at radius 2 is 1.53 bits per heavy atom. The lowest BCUT2D eigenvalue weighted by Crippen LogP contribution is -2.53. The van der Waals surface area contributed by atoms with Crippen molar-refractivity contribution in [1.29, 1.82) is 0 Å². The summed E-state index contributed by atoms with van der Waals surface area (Å²) in [6.07, 6.45) is 1.82. The van der Waals surface area contributed by atoms with Gasteiger partial charge in [0.2, 0.25) is 11.8 Å². The first kappa shape index (κ1) is 33.2. The predicted molar refractivity (Wildman–Crippen MR) is 173 cm³/mol. The number of anilines is 1. The summed E-state index contributed by atoms with van der Waals surface area (Å²) in [7, 11) is -2.76. The first-order valence-electron chi connectivity index (χ1n) is 14.8. The van der Waals surface area contributed by atoms with Crippen LogP contribution in [0.5, 0.6) is 5.75 Å². The van der Waals surface area contributed by atoms with E-state index in [2.05, 4.69) is 5.32 Å². The Kier molecular flexibility index (Phi) is 11.7. The van der Waals surface area contributed by atoms with Crippen molar-refractivity contribution in [3.05, 3.63) is 126 Å². The zero-order valence-corrected chi connectivity index (χ0v) is 26.3. The molecule has 1 N–H and O–H groups in total. The molecule has 0 saturated heterocycles. The van der Waals surface area contributed by atoms with E-state index in [4.69, 9.17) is 4.74 Å². The van der Waals surface area contributed by atoms with Crippen LogP contribution in [0.1, 0.15) is 30.9 Å². The first-order valence-corrected chi connectivity index (χ1v) is 16.2. The van der Waals surface area contributed by atoms with E-state index in [1.165, 1.54) is 42.3 Å². The van der Waals surface area contributed by atoms with Crippen LogP contribution in [0.2, 0.25) is 0 Å². The molecular weight excluding hydrogens is 593 g/mol. The molecule has 0 radical (unpaired) electrons. The van der Waals surface area contributed by atoms with Gasteiger partial charge in [-0.15, -0.1) is 0 Å². The highest BCUT2D eigenvalue weighted by Crippen LogP contribution is 2.28. The van der Waals surface area contributed by atoms with Gasteiger partial charge >= 0.3 is 0 Å². The number of methoxy groups -OCH3 is 1. The minimum atomic E-state index is -4.23. The molecule has 0 fully saturated rings. The Hall–Kier alpha value is -4.70. The lowest BCUT2D eigenvalue weighted by atomic mass is 10.0. The molecule has 0 aliphatic rings. The molecule has 236 valence electrons. The molecule has 1 unspecified atom stereocenters. The third-order valence-corrected chi connectivity index (χ3v) is 9.11. The number of nitrogens with one attached hydrogen (secondary N) is 1. The average molecular weight is 632 g/mol. The molecule has 4 aromatic carbocycles. The molecule has 0 aromatic heterocycles. The number of ether oxygens (including phenoxy) is 1. The van der Waals surface area contributed by atoms with Gasteiger partial charge in [0.15, 0.2) is 0 Å². The minimum Gasteiger partial charge on any atom is -0.497 e. The molecule has 0 saturated carbocycles. The summed E-state index contributed by atoms with van der Waals surface area (Å²) in [5.41, 5.74) is 1.63. The summed E-state index contributed by atoms with van der Waals surface area (Å²) < 4.78 is 48.3. The van der Waals surface area contributed by atoms with Crippen molar-refractivity contribution in [3.8, 4) is 5.75 Å². The van der Waals surface area contributed by atoms with Crippen LogP contribution >= 0.6 is 0 Å². The second-order valence-corrected chi connectivity index (χ2v) is 12.4. The highest BCUT2D eigenvalue weighted by Gasteiger charge is 2.34. The molecule has 10 heteroatoms. The topological polar surface area (TPSA) is 96.0 Å². The second-order valence-electron chi connectivity index (χ2n) is 10.5. The zero-order chi connectivity index (χ0) is 32.2. The van der Waals surface area contributed by atoms with Crippen LogP contribution in [0, 0.1) is 5.82 Å². The summed E-state index contributed by atoms with van der Waals surface area (Å²) in [5.74, 6) is -0.989. The molecule has 0 bridgehead atoms. The van der Waals surface area contributed by atoms with Gasteiger partial charge in [-0.05, 0) is 53.9 Å². The third-order valence-electron chi connectivity index (χ3n) is 7.32. The minimum absolute atomic E-state index is 0.00356. The largest absolute Gasteiger partial charge is 0.497 e. The van der Waals surface area contributed by atoms with Crippen LogP contribution in [0.25, 0.3) is 0 Å². The van der Waals surface area contributed by atoms with E-state index in [0.717, 1.165) is 22.7 Å². The molecular formula is C35H38FN3O5S. The summed E-state index contributed by atoms with van der Waals surface area (Å²) in [6, 6.07) is 28.3. The van der Waals surface area contributed by atoms with Gasteiger partial charge in [0.25, 0.3) is 10.0 Å². The SMILES string of the molecule is CCCCNC(=O)C(Cc1ccccc1)N(Cc1ccc(F)cc1)C(=O)CN(c1cccc(OC)c1)S(=O)(=O)c1ccccc1. The number of nitrogens with zero attached hydrogens (tertiary/aromatic N) is 2. The van der Waals surface area contributed by atoms with Crippen molar-refractivity contribution >= 4 is 27.5 Å². The van der Waals surface area contributed by atoms with Crippen LogP contribution < -0.4 is 14.4 Å². The van der Waals surface area contributed by atoms with Gasteiger partial charge in [0.05, 0.1) is 17.7 Å². The van der Waals surface area contributed by atoms with Crippen LogP contribution in [0.4, 0.5) is 10.1 Å². The summed E-state index contributed by atoms with van der Waals surface area (Å²) in [5, 5.41) is 2.95. The first-order chi connectivity index (χ1) is 21.7. The Morgan fingerprint density at radius 1 is 0.867 bits per heavy atom. The van der Waals surface area contributed by atoms with Crippen LogP contribution in [0.3, 0.4) is 0 Å². The van der Waals surface area contributed by atoms with Gasteiger partial charge in [-0.25, -0.2) is 12.8 Å². The third kappa shape index (κ3) is 8.92. The maximum absolute atomic E-state index is 14.4. The number of rotatable bonds is 15. The van der Waals surface area contributed by atoms with Gasteiger partial charge in [-0.1, -0.05) is 80.1 Å². The van der Waals surface area contributed by atoms with Crippen molar-refractivity contribution in [2.24, 2.45) is 0 Å².